The highest BCUT2D eigenvalue weighted by Crippen LogP contribution is 2.37. The molecule has 3 heterocycles. The number of H-pyrrole nitrogens is 1. The number of carbonyl (C=O) groups excluding carboxylic acids is 1. The number of morpholine rings is 1. The van der Waals surface area contributed by atoms with E-state index in [-0.39, 0.29) is 54.8 Å². The second kappa shape index (κ2) is 15.6. The molecule has 0 amide bonds. The summed E-state index contributed by atoms with van der Waals surface area (Å²) in [6, 6.07) is 2.27. The number of nitrogens with zero attached hydrogens (tertiary/aromatic N) is 6. The zero-order chi connectivity index (χ0) is 34.1. The summed E-state index contributed by atoms with van der Waals surface area (Å²) in [6.07, 6.45) is -2.90. The molecular weight excluding hydrogens is 629 g/mol. The monoisotopic (exact) mass is 660 g/mol. The SMILES string of the molecule is CCCCCN(C)C=Nc1cc(-c2ncc(C(F)(F)F)c(N3CCOCC3)n2)c(F)cc1C=O.Nc1cn[nH]c(=O)c1C(F)(F)F. The van der Waals surface area contributed by atoms with Crippen LogP contribution in [0, 0.1) is 5.82 Å². The van der Waals surface area contributed by atoms with Gasteiger partial charge in [0.25, 0.3) is 5.56 Å². The Bertz CT molecular complexity index is 1570. The number of halogens is 7. The number of nitrogens with one attached hydrogen (secondary N) is 1. The summed E-state index contributed by atoms with van der Waals surface area (Å²) in [5.74, 6) is -1.39. The summed E-state index contributed by atoms with van der Waals surface area (Å²) in [6.45, 7) is 3.79. The molecule has 0 atom stereocenters. The number of aldehydes is 1. The summed E-state index contributed by atoms with van der Waals surface area (Å²) >= 11 is 0. The number of nitrogens with two attached hydrogens (primary N) is 1. The number of aromatic amines is 1. The molecule has 1 aliphatic heterocycles. The minimum absolute atomic E-state index is 0.0137. The van der Waals surface area contributed by atoms with E-state index in [4.69, 9.17) is 10.5 Å². The number of alkyl halides is 6. The first kappa shape index (κ1) is 35.9. The van der Waals surface area contributed by atoms with Crippen molar-refractivity contribution >= 4 is 29.8 Å². The van der Waals surface area contributed by atoms with Crippen LogP contribution in [-0.4, -0.2) is 77.6 Å². The molecule has 3 aromatic rings. The third kappa shape index (κ3) is 9.45. The van der Waals surface area contributed by atoms with Gasteiger partial charge in [-0.3, -0.25) is 9.59 Å². The summed E-state index contributed by atoms with van der Waals surface area (Å²) < 4.78 is 96.8. The molecule has 2 aromatic heterocycles. The van der Waals surface area contributed by atoms with Gasteiger partial charge in [0.05, 0.1) is 42.7 Å². The third-order valence-electron chi connectivity index (χ3n) is 6.55. The summed E-state index contributed by atoms with van der Waals surface area (Å²) in [5.41, 5.74) is 0.531. The lowest BCUT2D eigenvalue weighted by Gasteiger charge is -2.30. The standard InChI is InChI=1S/C23H27F4N5O2.C5H4F3N3O/c1-3-4-5-6-31(2)15-29-20-12-17(19(24)11-16(20)14-33)21-28-13-18(23(25,26)27)22(30-21)32-7-9-34-10-8-32;6-5(7,8)3-2(9)1-10-11-4(3)12/h11-15H,3-10H2,1-2H3;1H,(H3,9,11,12). The van der Waals surface area contributed by atoms with Crippen molar-refractivity contribution in [3.05, 3.63) is 57.4 Å². The molecule has 0 unspecified atom stereocenters. The molecule has 0 saturated carbocycles. The number of hydrogen-bond acceptors (Lipinski definition) is 9. The van der Waals surface area contributed by atoms with Crippen molar-refractivity contribution in [3.63, 3.8) is 0 Å². The fourth-order valence-corrected chi connectivity index (χ4v) is 4.21. The molecular formula is C28H31F7N8O3. The number of benzene rings is 1. The van der Waals surface area contributed by atoms with Crippen molar-refractivity contribution in [1.82, 2.24) is 25.1 Å². The van der Waals surface area contributed by atoms with Gasteiger partial charge in [-0.15, -0.1) is 0 Å². The van der Waals surface area contributed by atoms with Gasteiger partial charge < -0.3 is 20.3 Å². The van der Waals surface area contributed by atoms with Gasteiger partial charge in [0.1, 0.15) is 22.8 Å². The molecule has 0 radical (unpaired) electrons. The van der Waals surface area contributed by atoms with Crippen LogP contribution in [0.15, 0.2) is 34.3 Å². The number of unbranched alkanes of at least 4 members (excludes halogenated alkanes) is 2. The molecule has 1 aromatic carbocycles. The largest absolute Gasteiger partial charge is 0.423 e. The minimum Gasteiger partial charge on any atom is -0.397 e. The Kier molecular flexibility index (Phi) is 12.2. The molecule has 0 bridgehead atoms. The first-order valence-electron chi connectivity index (χ1n) is 13.9. The van der Waals surface area contributed by atoms with Crippen LogP contribution in [0.4, 0.5) is 47.9 Å². The van der Waals surface area contributed by atoms with Crippen molar-refractivity contribution in [2.75, 3.05) is 50.5 Å². The number of aliphatic imine (C=N–C) groups is 1. The van der Waals surface area contributed by atoms with Crippen molar-refractivity contribution in [2.45, 2.75) is 38.5 Å². The van der Waals surface area contributed by atoms with Gasteiger partial charge in [-0.05, 0) is 18.6 Å². The smallest absolute Gasteiger partial charge is 0.397 e. The van der Waals surface area contributed by atoms with Crippen LogP contribution >= 0.6 is 0 Å². The van der Waals surface area contributed by atoms with Crippen LogP contribution in [-0.2, 0) is 17.1 Å². The number of aromatic nitrogens is 4. The van der Waals surface area contributed by atoms with E-state index in [9.17, 15) is 40.3 Å². The van der Waals surface area contributed by atoms with Gasteiger partial charge in [-0.25, -0.2) is 24.4 Å². The van der Waals surface area contributed by atoms with E-state index in [2.05, 4.69) is 27.0 Å². The predicted molar refractivity (Wildman–Crippen MR) is 155 cm³/mol. The molecule has 0 spiro atoms. The molecule has 0 aliphatic carbocycles. The van der Waals surface area contributed by atoms with Crippen LogP contribution in [0.2, 0.25) is 0 Å². The maximum atomic E-state index is 14.9. The predicted octanol–water partition coefficient (Wildman–Crippen LogP) is 5.10. The van der Waals surface area contributed by atoms with E-state index in [1.807, 2.05) is 11.9 Å². The van der Waals surface area contributed by atoms with Gasteiger partial charge in [0, 0.05) is 38.4 Å². The van der Waals surface area contributed by atoms with Crippen LogP contribution in [0.25, 0.3) is 11.4 Å². The lowest BCUT2D eigenvalue weighted by molar-refractivity contribution is -0.138. The average molecular weight is 661 g/mol. The van der Waals surface area contributed by atoms with Crippen molar-refractivity contribution < 1.29 is 40.3 Å². The summed E-state index contributed by atoms with van der Waals surface area (Å²) in [5, 5.41) is 4.74. The normalized spacial score (nSPS) is 13.8. The Balaban J connectivity index is 0.000000402. The zero-order valence-corrected chi connectivity index (χ0v) is 24.8. The number of carbonyl (C=O) groups is 1. The lowest BCUT2D eigenvalue weighted by Crippen LogP contribution is -2.38. The zero-order valence-electron chi connectivity index (χ0n) is 24.8. The van der Waals surface area contributed by atoms with Gasteiger partial charge in [0.2, 0.25) is 0 Å². The molecule has 18 heteroatoms. The first-order chi connectivity index (χ1) is 21.7. The maximum Gasteiger partial charge on any atom is 0.423 e. The fraction of sp³-hybridized carbons (Fsp3) is 0.429. The van der Waals surface area contributed by atoms with Crippen LogP contribution < -0.4 is 16.2 Å². The molecule has 46 heavy (non-hydrogen) atoms. The summed E-state index contributed by atoms with van der Waals surface area (Å²) in [4.78, 5) is 37.5. The van der Waals surface area contributed by atoms with Crippen molar-refractivity contribution in [1.29, 1.82) is 0 Å². The van der Waals surface area contributed by atoms with Crippen molar-refractivity contribution in [2.24, 2.45) is 4.99 Å². The lowest BCUT2D eigenvalue weighted by atomic mass is 10.1. The molecule has 11 nitrogen and oxygen atoms in total. The highest BCUT2D eigenvalue weighted by Gasteiger charge is 2.38. The molecule has 4 rings (SSSR count). The van der Waals surface area contributed by atoms with E-state index in [1.165, 1.54) is 17.3 Å². The number of hydrogen-bond donors (Lipinski definition) is 2. The molecule has 1 saturated heterocycles. The van der Waals surface area contributed by atoms with Gasteiger partial charge in [-0.1, -0.05) is 19.8 Å². The minimum atomic E-state index is -4.74. The molecule has 3 N–H and O–H groups in total. The maximum absolute atomic E-state index is 14.9. The van der Waals surface area contributed by atoms with E-state index in [0.29, 0.717) is 12.5 Å². The Morgan fingerprint density at radius 1 is 1.11 bits per heavy atom. The number of anilines is 2. The van der Waals surface area contributed by atoms with E-state index in [1.54, 1.807) is 5.10 Å². The van der Waals surface area contributed by atoms with Crippen LogP contribution in [0.3, 0.4) is 0 Å². The van der Waals surface area contributed by atoms with E-state index >= 15 is 0 Å². The average Bonchev–Trinajstić information content (AvgIpc) is 2.99. The number of ether oxygens (including phenoxy) is 1. The van der Waals surface area contributed by atoms with Crippen molar-refractivity contribution in [3.8, 4) is 11.4 Å². The second-order valence-electron chi connectivity index (χ2n) is 10.00. The molecule has 1 aliphatic rings. The Morgan fingerprint density at radius 3 is 2.37 bits per heavy atom. The highest BCUT2D eigenvalue weighted by atomic mass is 19.4. The van der Waals surface area contributed by atoms with Crippen LogP contribution in [0.1, 0.15) is 47.7 Å². The topological polar surface area (TPSA) is 143 Å². The Labute approximate surface area is 258 Å². The Morgan fingerprint density at radius 2 is 1.80 bits per heavy atom. The fourth-order valence-electron chi connectivity index (χ4n) is 4.21. The van der Waals surface area contributed by atoms with E-state index in [0.717, 1.165) is 38.1 Å². The highest BCUT2D eigenvalue weighted by molar-refractivity contribution is 5.86. The summed E-state index contributed by atoms with van der Waals surface area (Å²) in [7, 11) is 1.83. The first-order valence-corrected chi connectivity index (χ1v) is 13.9. The van der Waals surface area contributed by atoms with E-state index < -0.39 is 40.5 Å². The van der Waals surface area contributed by atoms with Gasteiger partial charge >= 0.3 is 12.4 Å². The van der Waals surface area contributed by atoms with Gasteiger partial charge in [0.15, 0.2) is 12.1 Å². The number of nitrogen functional groups attached to an aromatic ring is 1. The third-order valence-corrected chi connectivity index (χ3v) is 6.55. The quantitative estimate of drug-likeness (QED) is 0.105. The number of rotatable bonds is 9. The second-order valence-corrected chi connectivity index (χ2v) is 10.00. The molecule has 250 valence electrons. The molecule has 1 fully saturated rings. The Hall–Kier alpha value is -4.61. The van der Waals surface area contributed by atoms with Gasteiger partial charge in [-0.2, -0.15) is 31.4 Å². The van der Waals surface area contributed by atoms with Crippen LogP contribution in [0.5, 0.6) is 0 Å².